The van der Waals surface area contributed by atoms with Gasteiger partial charge in [0.05, 0.1) is 19.1 Å². The van der Waals surface area contributed by atoms with Crippen molar-refractivity contribution in [3.8, 4) is 0 Å². The van der Waals surface area contributed by atoms with E-state index in [1.807, 2.05) is 0 Å². The molecule has 3 atom stereocenters. The van der Waals surface area contributed by atoms with Crippen molar-refractivity contribution in [1.29, 1.82) is 0 Å². The first-order chi connectivity index (χ1) is 8.10. The SMILES string of the molecule is CCCCC(=O)C1CCC(O)C(C(=O)OC)C1. The molecule has 0 aliphatic heterocycles. The van der Waals surface area contributed by atoms with Gasteiger partial charge in [-0.15, -0.1) is 0 Å². The van der Waals surface area contributed by atoms with Crippen LogP contribution in [-0.4, -0.2) is 30.1 Å². The number of aliphatic hydroxyl groups excluding tert-OH is 1. The first kappa shape index (κ1) is 14.2. The van der Waals surface area contributed by atoms with Gasteiger partial charge < -0.3 is 9.84 Å². The Balaban J connectivity index is 2.54. The molecule has 4 heteroatoms. The largest absolute Gasteiger partial charge is 0.469 e. The van der Waals surface area contributed by atoms with Crippen LogP contribution in [0.5, 0.6) is 0 Å². The van der Waals surface area contributed by atoms with E-state index >= 15 is 0 Å². The van der Waals surface area contributed by atoms with E-state index < -0.39 is 18.0 Å². The Bertz CT molecular complexity index is 275. The average molecular weight is 242 g/mol. The molecule has 1 rings (SSSR count). The number of ketones is 1. The van der Waals surface area contributed by atoms with Crippen LogP contribution in [-0.2, 0) is 14.3 Å². The second-order valence-electron chi connectivity index (χ2n) is 4.78. The molecule has 1 fully saturated rings. The van der Waals surface area contributed by atoms with Gasteiger partial charge in [0.1, 0.15) is 5.78 Å². The van der Waals surface area contributed by atoms with Crippen LogP contribution < -0.4 is 0 Å². The van der Waals surface area contributed by atoms with Crippen molar-refractivity contribution in [3.63, 3.8) is 0 Å². The van der Waals surface area contributed by atoms with E-state index in [-0.39, 0.29) is 11.7 Å². The molecule has 0 heterocycles. The second kappa shape index (κ2) is 6.74. The molecule has 0 spiro atoms. The van der Waals surface area contributed by atoms with E-state index in [1.165, 1.54) is 7.11 Å². The number of carbonyl (C=O) groups is 2. The second-order valence-corrected chi connectivity index (χ2v) is 4.78. The Hall–Kier alpha value is -0.900. The van der Waals surface area contributed by atoms with Gasteiger partial charge in [0.15, 0.2) is 0 Å². The van der Waals surface area contributed by atoms with Crippen molar-refractivity contribution in [3.05, 3.63) is 0 Å². The Morgan fingerprint density at radius 2 is 2.06 bits per heavy atom. The van der Waals surface area contributed by atoms with Crippen LogP contribution in [0.15, 0.2) is 0 Å². The zero-order valence-corrected chi connectivity index (χ0v) is 10.6. The third-order valence-electron chi connectivity index (χ3n) is 3.55. The fraction of sp³-hybridized carbons (Fsp3) is 0.846. The van der Waals surface area contributed by atoms with Gasteiger partial charge in [-0.2, -0.15) is 0 Å². The van der Waals surface area contributed by atoms with E-state index in [0.717, 1.165) is 12.8 Å². The lowest BCUT2D eigenvalue weighted by atomic mass is 9.77. The predicted octanol–water partition coefficient (Wildman–Crippen LogP) is 1.70. The molecular weight excluding hydrogens is 220 g/mol. The molecular formula is C13H22O4. The zero-order valence-electron chi connectivity index (χ0n) is 10.6. The van der Waals surface area contributed by atoms with Crippen molar-refractivity contribution < 1.29 is 19.4 Å². The maximum Gasteiger partial charge on any atom is 0.311 e. The highest BCUT2D eigenvalue weighted by Gasteiger charge is 2.37. The molecule has 3 unspecified atom stereocenters. The van der Waals surface area contributed by atoms with Gasteiger partial charge in [-0.3, -0.25) is 9.59 Å². The van der Waals surface area contributed by atoms with E-state index in [4.69, 9.17) is 0 Å². The van der Waals surface area contributed by atoms with E-state index in [9.17, 15) is 14.7 Å². The number of methoxy groups -OCH3 is 1. The Labute approximate surface area is 102 Å². The quantitative estimate of drug-likeness (QED) is 0.745. The summed E-state index contributed by atoms with van der Waals surface area (Å²) in [4.78, 5) is 23.4. The van der Waals surface area contributed by atoms with Crippen LogP contribution in [0.25, 0.3) is 0 Å². The standard InChI is InChI=1S/C13H22O4/c1-3-4-5-11(14)9-6-7-12(15)10(8-9)13(16)17-2/h9-10,12,15H,3-8H2,1-2H3. The Kier molecular flexibility index (Phi) is 5.62. The van der Waals surface area contributed by atoms with Crippen LogP contribution in [0.2, 0.25) is 0 Å². The summed E-state index contributed by atoms with van der Waals surface area (Å²) in [6.07, 6.45) is 3.49. The number of hydrogen-bond acceptors (Lipinski definition) is 4. The summed E-state index contributed by atoms with van der Waals surface area (Å²) in [5, 5.41) is 9.73. The molecule has 0 aromatic heterocycles. The summed E-state index contributed by atoms with van der Waals surface area (Å²) in [5.74, 6) is -0.767. The summed E-state index contributed by atoms with van der Waals surface area (Å²) < 4.78 is 4.66. The number of ether oxygens (including phenoxy) is 1. The third kappa shape index (κ3) is 3.80. The van der Waals surface area contributed by atoms with Crippen LogP contribution in [0, 0.1) is 11.8 Å². The molecule has 0 aromatic rings. The van der Waals surface area contributed by atoms with Crippen molar-refractivity contribution >= 4 is 11.8 Å². The molecule has 98 valence electrons. The molecule has 0 amide bonds. The lowest BCUT2D eigenvalue weighted by molar-refractivity contribution is -0.152. The Morgan fingerprint density at radius 3 is 2.65 bits per heavy atom. The van der Waals surface area contributed by atoms with Gasteiger partial charge in [-0.05, 0) is 25.7 Å². The minimum Gasteiger partial charge on any atom is -0.469 e. The van der Waals surface area contributed by atoms with Gasteiger partial charge in [0, 0.05) is 12.3 Å². The molecule has 1 aliphatic carbocycles. The average Bonchev–Trinajstić information content (AvgIpc) is 2.35. The minimum absolute atomic E-state index is 0.0750. The summed E-state index contributed by atoms with van der Waals surface area (Å²) in [5.41, 5.74) is 0. The fourth-order valence-corrected chi connectivity index (χ4v) is 2.41. The molecule has 1 saturated carbocycles. The normalized spacial score (nSPS) is 28.8. The zero-order chi connectivity index (χ0) is 12.8. The highest BCUT2D eigenvalue weighted by atomic mass is 16.5. The van der Waals surface area contributed by atoms with Gasteiger partial charge in [-0.25, -0.2) is 0 Å². The van der Waals surface area contributed by atoms with Crippen molar-refractivity contribution in [2.45, 2.75) is 51.6 Å². The van der Waals surface area contributed by atoms with Gasteiger partial charge >= 0.3 is 5.97 Å². The maximum atomic E-state index is 11.9. The summed E-state index contributed by atoms with van der Waals surface area (Å²) in [7, 11) is 1.32. The van der Waals surface area contributed by atoms with Crippen LogP contribution in [0.4, 0.5) is 0 Å². The number of hydrogen-bond donors (Lipinski definition) is 1. The van der Waals surface area contributed by atoms with Gasteiger partial charge in [-0.1, -0.05) is 13.3 Å². The van der Waals surface area contributed by atoms with Crippen LogP contribution >= 0.6 is 0 Å². The highest BCUT2D eigenvalue weighted by Crippen LogP contribution is 2.31. The van der Waals surface area contributed by atoms with Crippen LogP contribution in [0.3, 0.4) is 0 Å². The van der Waals surface area contributed by atoms with E-state index in [2.05, 4.69) is 11.7 Å². The number of carbonyl (C=O) groups excluding carboxylic acids is 2. The summed E-state index contributed by atoms with van der Waals surface area (Å²) in [6, 6.07) is 0. The van der Waals surface area contributed by atoms with Gasteiger partial charge in [0.25, 0.3) is 0 Å². The number of aliphatic hydroxyl groups is 1. The minimum atomic E-state index is -0.655. The monoisotopic (exact) mass is 242 g/mol. The van der Waals surface area contributed by atoms with Crippen molar-refractivity contribution in [2.75, 3.05) is 7.11 Å². The topological polar surface area (TPSA) is 63.6 Å². The first-order valence-electron chi connectivity index (χ1n) is 6.38. The van der Waals surface area contributed by atoms with Crippen molar-refractivity contribution in [2.24, 2.45) is 11.8 Å². The molecule has 17 heavy (non-hydrogen) atoms. The Morgan fingerprint density at radius 1 is 1.35 bits per heavy atom. The number of rotatable bonds is 5. The predicted molar refractivity (Wildman–Crippen MR) is 63.4 cm³/mol. The molecule has 0 aromatic carbocycles. The van der Waals surface area contributed by atoms with E-state index in [0.29, 0.717) is 25.7 Å². The lowest BCUT2D eigenvalue weighted by Gasteiger charge is -2.30. The highest BCUT2D eigenvalue weighted by molar-refractivity contribution is 5.82. The van der Waals surface area contributed by atoms with Crippen molar-refractivity contribution in [1.82, 2.24) is 0 Å². The molecule has 0 bridgehead atoms. The molecule has 0 saturated heterocycles. The first-order valence-corrected chi connectivity index (χ1v) is 6.38. The number of unbranched alkanes of at least 4 members (excludes halogenated alkanes) is 1. The molecule has 1 N–H and O–H groups in total. The molecule has 1 aliphatic rings. The van der Waals surface area contributed by atoms with Gasteiger partial charge in [0.2, 0.25) is 0 Å². The lowest BCUT2D eigenvalue weighted by Crippen LogP contribution is -2.37. The van der Waals surface area contributed by atoms with Crippen LogP contribution in [0.1, 0.15) is 45.4 Å². The number of esters is 1. The molecule has 4 nitrogen and oxygen atoms in total. The fourth-order valence-electron chi connectivity index (χ4n) is 2.41. The maximum absolute atomic E-state index is 11.9. The molecule has 0 radical (unpaired) electrons. The number of Topliss-reactive ketones (excluding diaryl/α,β-unsaturated/α-hetero) is 1. The van der Waals surface area contributed by atoms with E-state index in [1.54, 1.807) is 0 Å². The summed E-state index contributed by atoms with van der Waals surface area (Å²) in [6.45, 7) is 2.05. The third-order valence-corrected chi connectivity index (χ3v) is 3.55. The summed E-state index contributed by atoms with van der Waals surface area (Å²) >= 11 is 0. The smallest absolute Gasteiger partial charge is 0.311 e.